The average molecular weight is 343 g/mol. The van der Waals surface area contributed by atoms with Crippen LogP contribution in [0.5, 0.6) is 0 Å². The van der Waals surface area contributed by atoms with Crippen LogP contribution >= 0.6 is 23.2 Å². The number of benzene rings is 1. The summed E-state index contributed by atoms with van der Waals surface area (Å²) in [7, 11) is 3.69. The van der Waals surface area contributed by atoms with Gasteiger partial charge in [-0.1, -0.05) is 23.2 Å². The van der Waals surface area contributed by atoms with Crippen LogP contribution in [0.1, 0.15) is 16.8 Å². The minimum absolute atomic E-state index is 0.0309. The number of halogens is 2. The number of nitro groups is 1. The Labute approximate surface area is 138 Å². The predicted octanol–water partition coefficient (Wildman–Crippen LogP) is 3.58. The monoisotopic (exact) mass is 342 g/mol. The van der Waals surface area contributed by atoms with Crippen LogP contribution in [0, 0.1) is 17.0 Å². The first-order chi connectivity index (χ1) is 10.3. The SMILES string of the molecule is Cc1nn(C)c(Cl)c1CN(C)Cc1cc([N+](=O)[O-])ccc1Cl. The summed E-state index contributed by atoms with van der Waals surface area (Å²) in [5, 5.41) is 16.2. The van der Waals surface area contributed by atoms with E-state index in [9.17, 15) is 10.1 Å². The van der Waals surface area contributed by atoms with E-state index < -0.39 is 4.92 Å². The molecule has 0 spiro atoms. The maximum Gasteiger partial charge on any atom is 0.269 e. The molecule has 1 aromatic carbocycles. The van der Waals surface area contributed by atoms with Crippen molar-refractivity contribution in [1.82, 2.24) is 14.7 Å². The van der Waals surface area contributed by atoms with Crippen LogP contribution in [0.2, 0.25) is 10.2 Å². The van der Waals surface area contributed by atoms with Gasteiger partial charge in [0.15, 0.2) is 0 Å². The first kappa shape index (κ1) is 16.7. The number of nitrogens with zero attached hydrogens (tertiary/aromatic N) is 4. The summed E-state index contributed by atoms with van der Waals surface area (Å²) < 4.78 is 1.63. The number of nitro benzene ring substituents is 1. The molecule has 0 aliphatic carbocycles. The number of hydrogen-bond donors (Lipinski definition) is 0. The fraction of sp³-hybridized carbons (Fsp3) is 0.357. The molecule has 22 heavy (non-hydrogen) atoms. The normalized spacial score (nSPS) is 11.2. The van der Waals surface area contributed by atoms with Crippen molar-refractivity contribution in [2.45, 2.75) is 20.0 Å². The molecule has 0 aliphatic rings. The molecule has 2 rings (SSSR count). The Balaban J connectivity index is 2.17. The second-order valence-corrected chi connectivity index (χ2v) is 5.95. The second-order valence-electron chi connectivity index (χ2n) is 5.18. The number of aromatic nitrogens is 2. The highest BCUT2D eigenvalue weighted by atomic mass is 35.5. The first-order valence-electron chi connectivity index (χ1n) is 6.59. The van der Waals surface area contributed by atoms with Gasteiger partial charge in [0, 0.05) is 42.9 Å². The second kappa shape index (κ2) is 6.64. The first-order valence-corrected chi connectivity index (χ1v) is 7.34. The largest absolute Gasteiger partial charge is 0.298 e. The highest BCUT2D eigenvalue weighted by Gasteiger charge is 2.15. The predicted molar refractivity (Wildman–Crippen MR) is 86.2 cm³/mol. The number of non-ortho nitro benzene ring substituents is 1. The molecule has 0 saturated heterocycles. The van der Waals surface area contributed by atoms with Gasteiger partial charge in [-0.15, -0.1) is 0 Å². The number of rotatable bonds is 5. The van der Waals surface area contributed by atoms with Crippen molar-refractivity contribution in [2.75, 3.05) is 7.05 Å². The van der Waals surface area contributed by atoms with Crippen molar-refractivity contribution in [3.8, 4) is 0 Å². The molecule has 1 aromatic heterocycles. The van der Waals surface area contributed by atoms with Crippen LogP contribution in [0.15, 0.2) is 18.2 Å². The Bertz CT molecular complexity index is 715. The van der Waals surface area contributed by atoms with Gasteiger partial charge in [0.05, 0.1) is 10.6 Å². The maximum absolute atomic E-state index is 10.9. The molecule has 8 heteroatoms. The van der Waals surface area contributed by atoms with E-state index in [1.54, 1.807) is 17.8 Å². The minimum Gasteiger partial charge on any atom is -0.298 e. The van der Waals surface area contributed by atoms with Gasteiger partial charge in [-0.3, -0.25) is 19.7 Å². The summed E-state index contributed by atoms with van der Waals surface area (Å²) in [6.07, 6.45) is 0. The Hall–Kier alpha value is -1.63. The highest BCUT2D eigenvalue weighted by molar-refractivity contribution is 6.31. The fourth-order valence-electron chi connectivity index (χ4n) is 2.27. The molecule has 2 aromatic rings. The third kappa shape index (κ3) is 3.58. The summed E-state index contributed by atoms with van der Waals surface area (Å²) in [5.74, 6) is 0. The van der Waals surface area contributed by atoms with E-state index in [1.165, 1.54) is 12.1 Å². The summed E-state index contributed by atoms with van der Waals surface area (Å²) in [6, 6.07) is 4.44. The Kier molecular flexibility index (Phi) is 5.05. The zero-order valence-corrected chi connectivity index (χ0v) is 14.0. The van der Waals surface area contributed by atoms with Crippen LogP contribution in [0.4, 0.5) is 5.69 Å². The van der Waals surface area contributed by atoms with E-state index in [2.05, 4.69) is 5.10 Å². The molecular formula is C14H16Cl2N4O2. The molecule has 118 valence electrons. The molecule has 0 bridgehead atoms. The molecule has 0 atom stereocenters. The fourth-order valence-corrected chi connectivity index (χ4v) is 2.68. The zero-order chi connectivity index (χ0) is 16.4. The molecule has 0 amide bonds. The number of aryl methyl sites for hydroxylation is 2. The van der Waals surface area contributed by atoms with Crippen molar-refractivity contribution in [1.29, 1.82) is 0 Å². The molecule has 0 aliphatic heterocycles. The zero-order valence-electron chi connectivity index (χ0n) is 12.5. The van der Waals surface area contributed by atoms with Crippen LogP contribution in [0.3, 0.4) is 0 Å². The van der Waals surface area contributed by atoms with E-state index in [0.717, 1.165) is 11.3 Å². The van der Waals surface area contributed by atoms with Crippen LogP contribution < -0.4 is 0 Å². The lowest BCUT2D eigenvalue weighted by Crippen LogP contribution is -2.18. The summed E-state index contributed by atoms with van der Waals surface area (Å²) in [4.78, 5) is 12.4. The molecular weight excluding hydrogens is 327 g/mol. The van der Waals surface area contributed by atoms with E-state index in [4.69, 9.17) is 23.2 Å². The molecule has 6 nitrogen and oxygen atoms in total. The minimum atomic E-state index is -0.429. The number of hydrogen-bond acceptors (Lipinski definition) is 4. The maximum atomic E-state index is 10.9. The Morgan fingerprint density at radius 3 is 2.59 bits per heavy atom. The van der Waals surface area contributed by atoms with Gasteiger partial charge in [-0.05, 0) is 25.6 Å². The third-order valence-electron chi connectivity index (χ3n) is 3.38. The smallest absolute Gasteiger partial charge is 0.269 e. The molecule has 0 N–H and O–H groups in total. The highest BCUT2D eigenvalue weighted by Crippen LogP contribution is 2.25. The van der Waals surface area contributed by atoms with E-state index in [1.807, 2.05) is 18.9 Å². The van der Waals surface area contributed by atoms with Gasteiger partial charge in [-0.25, -0.2) is 0 Å². The average Bonchev–Trinajstić information content (AvgIpc) is 2.67. The van der Waals surface area contributed by atoms with Crippen molar-refractivity contribution in [2.24, 2.45) is 7.05 Å². The van der Waals surface area contributed by atoms with Gasteiger partial charge in [0.1, 0.15) is 5.15 Å². The Morgan fingerprint density at radius 1 is 1.36 bits per heavy atom. The lowest BCUT2D eigenvalue weighted by molar-refractivity contribution is -0.384. The van der Waals surface area contributed by atoms with Crippen molar-refractivity contribution >= 4 is 28.9 Å². The van der Waals surface area contributed by atoms with Crippen molar-refractivity contribution < 1.29 is 4.92 Å². The van der Waals surface area contributed by atoms with E-state index in [0.29, 0.717) is 28.8 Å². The lowest BCUT2D eigenvalue weighted by atomic mass is 10.1. The van der Waals surface area contributed by atoms with Gasteiger partial charge < -0.3 is 0 Å². The Morgan fingerprint density at radius 2 is 2.05 bits per heavy atom. The summed E-state index contributed by atoms with van der Waals surface area (Å²) in [5.41, 5.74) is 2.54. The van der Waals surface area contributed by atoms with E-state index in [-0.39, 0.29) is 5.69 Å². The quantitative estimate of drug-likeness (QED) is 0.615. The third-order valence-corrected chi connectivity index (χ3v) is 4.22. The molecule has 0 saturated carbocycles. The summed E-state index contributed by atoms with van der Waals surface area (Å²) >= 11 is 12.3. The molecule has 0 unspecified atom stereocenters. The van der Waals surface area contributed by atoms with Gasteiger partial charge in [0.2, 0.25) is 0 Å². The van der Waals surface area contributed by atoms with Crippen LogP contribution in [-0.4, -0.2) is 26.7 Å². The van der Waals surface area contributed by atoms with E-state index >= 15 is 0 Å². The van der Waals surface area contributed by atoms with Crippen LogP contribution in [-0.2, 0) is 20.1 Å². The topological polar surface area (TPSA) is 64.2 Å². The van der Waals surface area contributed by atoms with Crippen LogP contribution in [0.25, 0.3) is 0 Å². The molecule has 1 heterocycles. The van der Waals surface area contributed by atoms with Crippen molar-refractivity contribution in [3.05, 3.63) is 55.3 Å². The molecule has 0 radical (unpaired) electrons. The van der Waals surface area contributed by atoms with Gasteiger partial charge in [0.25, 0.3) is 5.69 Å². The van der Waals surface area contributed by atoms with Gasteiger partial charge >= 0.3 is 0 Å². The van der Waals surface area contributed by atoms with Gasteiger partial charge in [-0.2, -0.15) is 5.10 Å². The van der Waals surface area contributed by atoms with Crippen molar-refractivity contribution in [3.63, 3.8) is 0 Å². The lowest BCUT2D eigenvalue weighted by Gasteiger charge is -2.17. The standard InChI is InChI=1S/C14H16Cl2N4O2/c1-9-12(14(16)19(3)17-9)8-18(2)7-10-6-11(20(21)22)4-5-13(10)15/h4-6H,7-8H2,1-3H3. The molecule has 0 fully saturated rings. The summed E-state index contributed by atoms with van der Waals surface area (Å²) in [6.45, 7) is 2.96.